The Balaban J connectivity index is 1.81. The number of carbonyl (C=O) groups excluding carboxylic acids is 2. The van der Waals surface area contributed by atoms with E-state index in [4.69, 9.17) is 23.8 Å². The molecule has 128 valence electrons. The fourth-order valence-corrected chi connectivity index (χ4v) is 2.22. The quantitative estimate of drug-likeness (QED) is 0.439. The molecular weight excluding hydrogens is 358 g/mol. The zero-order valence-corrected chi connectivity index (χ0v) is 14.9. The van der Waals surface area contributed by atoms with E-state index in [-0.39, 0.29) is 11.0 Å². The van der Waals surface area contributed by atoms with E-state index in [1.54, 1.807) is 42.5 Å². The topological polar surface area (TPSA) is 70.2 Å². The minimum atomic E-state index is -0.419. The van der Waals surface area contributed by atoms with Gasteiger partial charge in [0, 0.05) is 16.7 Å². The molecular formula is C18H16ClN3O2S. The van der Waals surface area contributed by atoms with Gasteiger partial charge in [0.25, 0.3) is 5.91 Å². The third-order valence-electron chi connectivity index (χ3n) is 3.21. The Morgan fingerprint density at radius 1 is 1.04 bits per heavy atom. The summed E-state index contributed by atoms with van der Waals surface area (Å²) in [5.74, 6) is -0.760. The Morgan fingerprint density at radius 2 is 1.72 bits per heavy atom. The lowest BCUT2D eigenvalue weighted by atomic mass is 10.1. The van der Waals surface area contributed by atoms with Gasteiger partial charge < -0.3 is 0 Å². The van der Waals surface area contributed by atoms with Crippen LogP contribution in [0.25, 0.3) is 6.08 Å². The molecule has 0 saturated heterocycles. The number of hydrogen-bond donors (Lipinski definition) is 3. The van der Waals surface area contributed by atoms with Gasteiger partial charge in [0.2, 0.25) is 5.91 Å². The molecule has 2 rings (SSSR count). The van der Waals surface area contributed by atoms with Crippen molar-refractivity contribution in [2.24, 2.45) is 0 Å². The molecule has 0 atom stereocenters. The van der Waals surface area contributed by atoms with E-state index in [0.717, 1.165) is 11.1 Å². The number of halogens is 1. The molecule has 25 heavy (non-hydrogen) atoms. The maximum atomic E-state index is 12.0. The number of benzene rings is 2. The summed E-state index contributed by atoms with van der Waals surface area (Å²) in [7, 11) is 0. The molecule has 7 heteroatoms. The molecule has 0 bridgehead atoms. The van der Waals surface area contributed by atoms with Gasteiger partial charge >= 0.3 is 0 Å². The molecule has 0 unspecified atom stereocenters. The van der Waals surface area contributed by atoms with Crippen molar-refractivity contribution in [1.82, 2.24) is 16.2 Å². The average molecular weight is 374 g/mol. The molecule has 2 aromatic rings. The minimum Gasteiger partial charge on any atom is -0.298 e. The zero-order chi connectivity index (χ0) is 18.2. The van der Waals surface area contributed by atoms with Crippen molar-refractivity contribution in [3.63, 3.8) is 0 Å². The normalized spacial score (nSPS) is 10.3. The van der Waals surface area contributed by atoms with Crippen molar-refractivity contribution in [2.75, 3.05) is 0 Å². The number of hydrazine groups is 1. The standard InChI is InChI=1S/C18H16ClN3O2S/c1-12-4-2-3-5-15(12)17(24)21-22-18(25)20-16(23)11-8-13-6-9-14(19)10-7-13/h2-11H,1H3,(H,21,24)(H2,20,22,23,25)/b11-8+. The molecule has 0 aromatic heterocycles. The molecule has 2 amide bonds. The van der Waals surface area contributed by atoms with Crippen LogP contribution in [0.5, 0.6) is 0 Å². The molecule has 0 heterocycles. The Morgan fingerprint density at radius 3 is 2.40 bits per heavy atom. The fraction of sp³-hybridized carbons (Fsp3) is 0.0556. The fourth-order valence-electron chi connectivity index (χ4n) is 1.94. The summed E-state index contributed by atoms with van der Waals surface area (Å²) in [4.78, 5) is 23.8. The van der Waals surface area contributed by atoms with Crippen LogP contribution in [0, 0.1) is 6.92 Å². The van der Waals surface area contributed by atoms with Crippen molar-refractivity contribution in [1.29, 1.82) is 0 Å². The summed E-state index contributed by atoms with van der Waals surface area (Å²) in [5, 5.41) is 3.05. The average Bonchev–Trinajstić information content (AvgIpc) is 2.59. The Kier molecular flexibility index (Phi) is 6.68. The van der Waals surface area contributed by atoms with Gasteiger partial charge in [-0.3, -0.25) is 25.8 Å². The second-order valence-corrected chi connectivity index (χ2v) is 5.94. The predicted molar refractivity (Wildman–Crippen MR) is 103 cm³/mol. The van der Waals surface area contributed by atoms with Crippen LogP contribution in [-0.4, -0.2) is 16.9 Å². The molecule has 0 fully saturated rings. The van der Waals surface area contributed by atoms with E-state index in [9.17, 15) is 9.59 Å². The molecule has 5 nitrogen and oxygen atoms in total. The van der Waals surface area contributed by atoms with Gasteiger partial charge in [-0.25, -0.2) is 0 Å². The summed E-state index contributed by atoms with van der Waals surface area (Å²) in [6.45, 7) is 1.83. The first-order chi connectivity index (χ1) is 12.0. The largest absolute Gasteiger partial charge is 0.298 e. The van der Waals surface area contributed by atoms with E-state index in [2.05, 4.69) is 16.2 Å². The van der Waals surface area contributed by atoms with Crippen LogP contribution in [0.15, 0.2) is 54.6 Å². The van der Waals surface area contributed by atoms with Gasteiger partial charge in [-0.1, -0.05) is 41.9 Å². The lowest BCUT2D eigenvalue weighted by molar-refractivity contribution is -0.115. The van der Waals surface area contributed by atoms with Crippen LogP contribution in [0.2, 0.25) is 5.02 Å². The number of hydrogen-bond acceptors (Lipinski definition) is 3. The van der Waals surface area contributed by atoms with E-state index in [1.807, 2.05) is 19.1 Å². The number of carbonyl (C=O) groups is 2. The maximum Gasteiger partial charge on any atom is 0.269 e. The number of amides is 2. The Bertz CT molecular complexity index is 819. The van der Waals surface area contributed by atoms with Crippen LogP contribution in [0.1, 0.15) is 21.5 Å². The van der Waals surface area contributed by atoms with Crippen LogP contribution in [-0.2, 0) is 4.79 Å². The number of aryl methyl sites for hydroxylation is 1. The maximum absolute atomic E-state index is 12.0. The monoisotopic (exact) mass is 373 g/mol. The van der Waals surface area contributed by atoms with Gasteiger partial charge in [-0.2, -0.15) is 0 Å². The lowest BCUT2D eigenvalue weighted by Crippen LogP contribution is -2.48. The summed E-state index contributed by atoms with van der Waals surface area (Å²) in [5.41, 5.74) is 7.12. The van der Waals surface area contributed by atoms with Crippen molar-refractivity contribution < 1.29 is 9.59 Å². The number of rotatable bonds is 3. The lowest BCUT2D eigenvalue weighted by Gasteiger charge is -2.10. The van der Waals surface area contributed by atoms with Crippen molar-refractivity contribution >= 4 is 46.8 Å². The highest BCUT2D eigenvalue weighted by molar-refractivity contribution is 7.80. The van der Waals surface area contributed by atoms with Crippen molar-refractivity contribution in [3.05, 3.63) is 76.3 Å². The molecule has 2 aromatic carbocycles. The van der Waals surface area contributed by atoms with Crippen LogP contribution in [0.3, 0.4) is 0 Å². The van der Waals surface area contributed by atoms with Gasteiger partial charge in [-0.15, -0.1) is 0 Å². The van der Waals surface area contributed by atoms with Gasteiger partial charge in [0.05, 0.1) is 0 Å². The summed E-state index contributed by atoms with van der Waals surface area (Å²) in [6.07, 6.45) is 2.96. The van der Waals surface area contributed by atoms with Crippen LogP contribution >= 0.6 is 23.8 Å². The van der Waals surface area contributed by atoms with Crippen LogP contribution in [0.4, 0.5) is 0 Å². The first-order valence-corrected chi connectivity index (χ1v) is 8.15. The SMILES string of the molecule is Cc1ccccc1C(=O)NNC(=S)NC(=O)/C=C/c1ccc(Cl)cc1. The first kappa shape index (κ1) is 18.6. The highest BCUT2D eigenvalue weighted by Crippen LogP contribution is 2.10. The number of thiocarbonyl (C=S) groups is 1. The van der Waals surface area contributed by atoms with Gasteiger partial charge in [0.15, 0.2) is 5.11 Å². The van der Waals surface area contributed by atoms with Gasteiger partial charge in [-0.05, 0) is 54.5 Å². The Labute approximate surface area is 156 Å². The van der Waals surface area contributed by atoms with Crippen molar-refractivity contribution in [2.45, 2.75) is 6.92 Å². The van der Waals surface area contributed by atoms with E-state index < -0.39 is 5.91 Å². The van der Waals surface area contributed by atoms with Gasteiger partial charge in [0.1, 0.15) is 0 Å². The molecule has 0 aliphatic rings. The first-order valence-electron chi connectivity index (χ1n) is 7.36. The molecule has 0 spiro atoms. The van der Waals surface area contributed by atoms with Crippen LogP contribution < -0.4 is 16.2 Å². The minimum absolute atomic E-state index is 0.00677. The van der Waals surface area contributed by atoms with E-state index in [0.29, 0.717) is 10.6 Å². The highest BCUT2D eigenvalue weighted by Gasteiger charge is 2.08. The second kappa shape index (κ2) is 8.96. The van der Waals surface area contributed by atoms with E-state index >= 15 is 0 Å². The van der Waals surface area contributed by atoms with E-state index in [1.165, 1.54) is 6.08 Å². The Hall–Kier alpha value is -2.70. The molecule has 0 aliphatic heterocycles. The summed E-state index contributed by atoms with van der Waals surface area (Å²) >= 11 is 10.8. The van der Waals surface area contributed by atoms with Crippen molar-refractivity contribution in [3.8, 4) is 0 Å². The predicted octanol–water partition coefficient (Wildman–Crippen LogP) is 3.00. The molecule has 0 saturated carbocycles. The third kappa shape index (κ3) is 6.02. The second-order valence-electron chi connectivity index (χ2n) is 5.10. The highest BCUT2D eigenvalue weighted by atomic mass is 35.5. The summed E-state index contributed by atoms with van der Waals surface area (Å²) in [6, 6.07) is 14.2. The third-order valence-corrected chi connectivity index (χ3v) is 3.67. The number of nitrogens with one attached hydrogen (secondary N) is 3. The zero-order valence-electron chi connectivity index (χ0n) is 13.4. The molecule has 3 N–H and O–H groups in total. The molecule has 0 aliphatic carbocycles. The summed E-state index contributed by atoms with van der Waals surface area (Å²) < 4.78 is 0. The smallest absolute Gasteiger partial charge is 0.269 e. The molecule has 0 radical (unpaired) electrons.